The van der Waals surface area contributed by atoms with E-state index in [9.17, 15) is 24.0 Å². The van der Waals surface area contributed by atoms with Crippen LogP contribution in [0.25, 0.3) is 0 Å². The highest BCUT2D eigenvalue weighted by Gasteiger charge is 2.33. The van der Waals surface area contributed by atoms with Gasteiger partial charge in [0.15, 0.2) is 12.2 Å². The molecule has 0 aromatic rings. The van der Waals surface area contributed by atoms with Crippen molar-refractivity contribution in [3.63, 3.8) is 0 Å². The lowest BCUT2D eigenvalue weighted by molar-refractivity contribution is -0.162. The van der Waals surface area contributed by atoms with Gasteiger partial charge < -0.3 is 35.7 Å². The van der Waals surface area contributed by atoms with E-state index in [1.807, 2.05) is 0 Å². The van der Waals surface area contributed by atoms with Gasteiger partial charge in [-0.15, -0.1) is 0 Å². The van der Waals surface area contributed by atoms with Crippen LogP contribution in [-0.2, 0) is 24.0 Å². The average Bonchev–Trinajstić information content (AvgIpc) is 2.34. The second kappa shape index (κ2) is 10.1. The van der Waals surface area contributed by atoms with E-state index in [1.165, 1.54) is 0 Å². The van der Waals surface area contributed by atoms with Crippen LogP contribution in [0.4, 0.5) is 0 Å². The summed E-state index contributed by atoms with van der Waals surface area (Å²) in [7, 11) is 0. The van der Waals surface area contributed by atoms with Gasteiger partial charge in [-0.2, -0.15) is 0 Å². The molecule has 0 saturated carbocycles. The maximum Gasteiger partial charge on any atom is 0.333 e. The van der Waals surface area contributed by atoms with Crippen LogP contribution in [0.5, 0.6) is 0 Å². The number of aliphatic hydroxyl groups excluding tert-OH is 2. The zero-order valence-corrected chi connectivity index (χ0v) is 10.8. The van der Waals surface area contributed by atoms with Gasteiger partial charge in [0, 0.05) is 0 Å². The molecule has 0 aliphatic carbocycles. The van der Waals surface area contributed by atoms with E-state index in [0.29, 0.717) is 0 Å². The second-order valence-corrected chi connectivity index (χ2v) is 3.78. The molecule has 22 heavy (non-hydrogen) atoms. The van der Waals surface area contributed by atoms with E-state index in [-0.39, 0.29) is 0 Å². The van der Waals surface area contributed by atoms with Crippen LogP contribution < -0.4 is 0 Å². The number of carbonyl (C=O) groups is 5. The normalized spacial score (nSPS) is 13.7. The molecule has 0 radical (unpaired) electrons. The predicted octanol–water partition coefficient (Wildman–Crippen LogP) is -2.49. The first-order valence-corrected chi connectivity index (χ1v) is 5.38. The fourth-order valence-electron chi connectivity index (χ4n) is 0.947. The molecule has 0 aromatic carbocycles. The third-order valence-corrected chi connectivity index (χ3v) is 2.00. The summed E-state index contributed by atoms with van der Waals surface area (Å²) in [5.74, 6) is -9.56. The molecule has 0 fully saturated rings. The average molecular weight is 326 g/mol. The lowest BCUT2D eigenvalue weighted by atomic mass is 9.99. The first kappa shape index (κ1) is 21.6. The van der Waals surface area contributed by atoms with Gasteiger partial charge in [0.25, 0.3) is 0 Å². The first-order valence-electron chi connectivity index (χ1n) is 5.38. The van der Waals surface area contributed by atoms with E-state index in [0.717, 1.165) is 0 Å². The van der Waals surface area contributed by atoms with Crippen LogP contribution in [-0.4, -0.2) is 77.8 Å². The number of carboxylic acids is 5. The van der Waals surface area contributed by atoms with Gasteiger partial charge in [0.1, 0.15) is 5.92 Å². The van der Waals surface area contributed by atoms with E-state index >= 15 is 0 Å². The minimum absolute atomic E-state index is 0.755. The minimum Gasteiger partial charge on any atom is -0.481 e. The van der Waals surface area contributed by atoms with Gasteiger partial charge in [-0.25, -0.2) is 9.59 Å². The van der Waals surface area contributed by atoms with Crippen molar-refractivity contribution in [2.24, 2.45) is 5.92 Å². The van der Waals surface area contributed by atoms with Crippen LogP contribution in [0, 0.1) is 5.92 Å². The van der Waals surface area contributed by atoms with Crippen LogP contribution in [0.2, 0.25) is 0 Å². The molecule has 0 heterocycles. The molecule has 12 heteroatoms. The molecule has 0 aliphatic rings. The molecule has 3 atom stereocenters. The van der Waals surface area contributed by atoms with Gasteiger partial charge in [0.05, 0.1) is 12.8 Å². The van der Waals surface area contributed by atoms with E-state index < -0.39 is 60.8 Å². The van der Waals surface area contributed by atoms with Gasteiger partial charge in [-0.05, 0) is 0 Å². The molecule has 0 saturated heterocycles. The van der Waals surface area contributed by atoms with Crippen LogP contribution in [0.15, 0.2) is 0 Å². The molecule has 7 N–H and O–H groups in total. The maximum absolute atomic E-state index is 10.3. The van der Waals surface area contributed by atoms with Crippen molar-refractivity contribution in [3.8, 4) is 0 Å². The molecular weight excluding hydrogens is 312 g/mol. The molecule has 0 bridgehead atoms. The lowest BCUT2D eigenvalue weighted by Crippen LogP contribution is -2.36. The Morgan fingerprint density at radius 3 is 1.23 bits per heavy atom. The highest BCUT2D eigenvalue weighted by molar-refractivity contribution is 5.85. The largest absolute Gasteiger partial charge is 0.481 e. The lowest BCUT2D eigenvalue weighted by Gasteiger charge is -2.12. The predicted molar refractivity (Wildman–Crippen MR) is 62.9 cm³/mol. The number of aliphatic hydroxyl groups is 2. The molecule has 12 nitrogen and oxygen atoms in total. The maximum atomic E-state index is 10.3. The van der Waals surface area contributed by atoms with E-state index in [4.69, 9.17) is 35.7 Å². The Morgan fingerprint density at radius 2 is 1.05 bits per heavy atom. The Kier molecular flexibility index (Phi) is 9.86. The Balaban J connectivity index is 0. The minimum atomic E-state index is -2.20. The summed E-state index contributed by atoms with van der Waals surface area (Å²) in [6.45, 7) is 0. The molecule has 126 valence electrons. The number of aliphatic carboxylic acids is 5. The van der Waals surface area contributed by atoms with Crippen molar-refractivity contribution < 1.29 is 59.7 Å². The van der Waals surface area contributed by atoms with Crippen LogP contribution in [0.3, 0.4) is 0 Å². The number of hydrogen-bond donors (Lipinski definition) is 7. The number of hydrogen-bond acceptors (Lipinski definition) is 7. The fraction of sp³-hybridized carbons (Fsp3) is 0.500. The summed E-state index contributed by atoms with van der Waals surface area (Å²) in [6.07, 6.45) is -5.67. The zero-order chi connectivity index (χ0) is 18.0. The molecule has 0 spiro atoms. The van der Waals surface area contributed by atoms with Gasteiger partial charge in [-0.1, -0.05) is 0 Å². The molecule has 0 aromatic heterocycles. The summed E-state index contributed by atoms with van der Waals surface area (Å²) in [6, 6.07) is 0. The van der Waals surface area contributed by atoms with Gasteiger partial charge in [0.2, 0.25) is 0 Å². The SMILES string of the molecule is O=C(O)CC(C(=O)O)C(O)C(=O)O.O=C(O)CC(O)C(=O)O. The molecule has 0 amide bonds. The second-order valence-electron chi connectivity index (χ2n) is 3.78. The van der Waals surface area contributed by atoms with Gasteiger partial charge in [-0.3, -0.25) is 14.4 Å². The van der Waals surface area contributed by atoms with Gasteiger partial charge >= 0.3 is 29.8 Å². The highest BCUT2D eigenvalue weighted by Crippen LogP contribution is 2.09. The van der Waals surface area contributed by atoms with Crippen molar-refractivity contribution in [2.75, 3.05) is 0 Å². The van der Waals surface area contributed by atoms with Crippen molar-refractivity contribution in [1.82, 2.24) is 0 Å². The molecular formula is C10H14O12. The summed E-state index contributed by atoms with van der Waals surface area (Å²) < 4.78 is 0. The summed E-state index contributed by atoms with van der Waals surface area (Å²) in [5, 5.41) is 57.7. The fourth-order valence-corrected chi connectivity index (χ4v) is 0.947. The van der Waals surface area contributed by atoms with Crippen molar-refractivity contribution >= 4 is 29.8 Å². The topological polar surface area (TPSA) is 227 Å². The Bertz CT molecular complexity index is 441. The quantitative estimate of drug-likeness (QED) is 0.246. The standard InChI is InChI=1S/C6H8O7.C4H6O5/c7-3(8)1-2(5(10)11)4(9)6(12)13;5-2(4(8)9)1-3(6)7/h2,4,9H,1H2,(H,7,8)(H,10,11)(H,12,13);2,5H,1H2,(H,6,7)(H,8,9). The Hall–Kier alpha value is -2.73. The Morgan fingerprint density at radius 1 is 0.636 bits per heavy atom. The third-order valence-electron chi connectivity index (χ3n) is 2.00. The van der Waals surface area contributed by atoms with Crippen LogP contribution in [0.1, 0.15) is 12.8 Å². The third kappa shape index (κ3) is 10.1. The molecule has 0 aliphatic heterocycles. The molecule has 3 unspecified atom stereocenters. The number of carboxylic acid groups (broad SMARTS) is 5. The zero-order valence-electron chi connectivity index (χ0n) is 10.8. The van der Waals surface area contributed by atoms with Crippen molar-refractivity contribution in [2.45, 2.75) is 25.0 Å². The molecule has 0 rings (SSSR count). The van der Waals surface area contributed by atoms with E-state index in [1.54, 1.807) is 0 Å². The highest BCUT2D eigenvalue weighted by atomic mass is 16.4. The summed E-state index contributed by atoms with van der Waals surface area (Å²) in [4.78, 5) is 49.9. The summed E-state index contributed by atoms with van der Waals surface area (Å²) >= 11 is 0. The van der Waals surface area contributed by atoms with Crippen molar-refractivity contribution in [3.05, 3.63) is 0 Å². The monoisotopic (exact) mass is 326 g/mol. The summed E-state index contributed by atoms with van der Waals surface area (Å²) in [5.41, 5.74) is 0. The van der Waals surface area contributed by atoms with E-state index in [2.05, 4.69) is 0 Å². The smallest absolute Gasteiger partial charge is 0.333 e. The number of rotatable bonds is 8. The first-order chi connectivity index (χ1) is 9.89. The Labute approximate surface area is 121 Å². The van der Waals surface area contributed by atoms with Crippen LogP contribution >= 0.6 is 0 Å². The van der Waals surface area contributed by atoms with Crippen molar-refractivity contribution in [1.29, 1.82) is 0 Å².